The minimum atomic E-state index is -0.333. The number of nitrogens with zero attached hydrogens (tertiary/aromatic N) is 4. The van der Waals surface area contributed by atoms with Gasteiger partial charge in [-0.1, -0.05) is 12.1 Å². The first-order valence-electron chi connectivity index (χ1n) is 9.52. The predicted molar refractivity (Wildman–Crippen MR) is 99.5 cm³/mol. The van der Waals surface area contributed by atoms with Gasteiger partial charge in [0.15, 0.2) is 5.69 Å². The van der Waals surface area contributed by atoms with Crippen molar-refractivity contribution in [3.05, 3.63) is 52.9 Å². The number of hydrogen-bond acceptors (Lipinski definition) is 4. The number of likely N-dealkylation sites (N-methyl/N-ethyl adjacent to an activating group) is 1. The summed E-state index contributed by atoms with van der Waals surface area (Å²) >= 11 is 0. The highest BCUT2D eigenvalue weighted by molar-refractivity contribution is 6.05. The quantitative estimate of drug-likeness (QED) is 0.810. The number of benzene rings is 1. The first kappa shape index (κ1) is 18.6. The number of ether oxygens (including phenoxy) is 1. The third-order valence-electron chi connectivity index (χ3n) is 5.42. The van der Waals surface area contributed by atoms with Crippen molar-refractivity contribution >= 4 is 11.8 Å². The molecule has 3 heterocycles. The zero-order chi connectivity index (χ0) is 19.8. The first-order chi connectivity index (χ1) is 13.5. The van der Waals surface area contributed by atoms with Crippen LogP contribution in [0, 0.1) is 12.7 Å². The van der Waals surface area contributed by atoms with E-state index >= 15 is 0 Å². The van der Waals surface area contributed by atoms with Crippen LogP contribution in [0.25, 0.3) is 0 Å². The number of amides is 2. The Morgan fingerprint density at radius 1 is 1.25 bits per heavy atom. The molecule has 1 aromatic heterocycles. The summed E-state index contributed by atoms with van der Waals surface area (Å²) in [4.78, 5) is 33.9. The Bertz CT molecular complexity index is 909. The van der Waals surface area contributed by atoms with E-state index in [1.165, 1.54) is 12.1 Å². The number of rotatable bonds is 3. The molecule has 0 N–H and O–H groups in total. The maximum Gasteiger partial charge on any atom is 0.275 e. The molecule has 0 unspecified atom stereocenters. The maximum atomic E-state index is 13.2. The van der Waals surface area contributed by atoms with Crippen LogP contribution in [0.15, 0.2) is 24.3 Å². The van der Waals surface area contributed by atoms with Crippen LogP contribution >= 0.6 is 0 Å². The summed E-state index contributed by atoms with van der Waals surface area (Å²) in [5, 5.41) is 0. The number of carbonyl (C=O) groups is 2. The molecule has 1 atom stereocenters. The lowest BCUT2D eigenvalue weighted by Gasteiger charge is -2.33. The van der Waals surface area contributed by atoms with E-state index in [0.29, 0.717) is 50.8 Å². The Morgan fingerprint density at radius 3 is 2.71 bits per heavy atom. The fourth-order valence-corrected chi connectivity index (χ4v) is 3.84. The Balaban J connectivity index is 1.60. The SMILES string of the molecule is CCN1CCn2c(C)nc(C(=O)N3CCO[C@H](c4ccc(F)cc4)C3)c2C1=O. The van der Waals surface area contributed by atoms with E-state index in [1.807, 2.05) is 18.4 Å². The summed E-state index contributed by atoms with van der Waals surface area (Å²) in [6.07, 6.45) is -0.333. The molecule has 7 nitrogen and oxygen atoms in total. The van der Waals surface area contributed by atoms with Crippen molar-refractivity contribution in [3.63, 3.8) is 0 Å². The minimum absolute atomic E-state index is 0.152. The molecule has 2 aromatic rings. The van der Waals surface area contributed by atoms with Gasteiger partial charge < -0.3 is 19.1 Å². The van der Waals surface area contributed by atoms with E-state index in [9.17, 15) is 14.0 Å². The molecule has 1 aromatic carbocycles. The van der Waals surface area contributed by atoms with Crippen LogP contribution < -0.4 is 0 Å². The van der Waals surface area contributed by atoms with Gasteiger partial charge in [-0.2, -0.15) is 0 Å². The van der Waals surface area contributed by atoms with Gasteiger partial charge >= 0.3 is 0 Å². The van der Waals surface area contributed by atoms with Crippen LogP contribution in [0.4, 0.5) is 4.39 Å². The molecule has 2 amide bonds. The largest absolute Gasteiger partial charge is 0.370 e. The molecular weight excluding hydrogens is 363 g/mol. The van der Waals surface area contributed by atoms with E-state index < -0.39 is 0 Å². The highest BCUT2D eigenvalue weighted by Gasteiger charge is 2.35. The molecule has 0 aliphatic carbocycles. The fourth-order valence-electron chi connectivity index (χ4n) is 3.84. The number of aromatic nitrogens is 2. The van der Waals surface area contributed by atoms with Gasteiger partial charge in [-0.3, -0.25) is 9.59 Å². The van der Waals surface area contributed by atoms with Gasteiger partial charge in [0.05, 0.1) is 13.2 Å². The summed E-state index contributed by atoms with van der Waals surface area (Å²) < 4.78 is 20.8. The van der Waals surface area contributed by atoms with Crippen LogP contribution in [-0.2, 0) is 11.3 Å². The lowest BCUT2D eigenvalue weighted by Crippen LogP contribution is -2.44. The van der Waals surface area contributed by atoms with Gasteiger partial charge in [0.1, 0.15) is 23.4 Å². The van der Waals surface area contributed by atoms with Crippen LogP contribution in [0.2, 0.25) is 0 Å². The van der Waals surface area contributed by atoms with E-state index in [4.69, 9.17) is 4.74 Å². The highest BCUT2D eigenvalue weighted by Crippen LogP contribution is 2.25. The Hall–Kier alpha value is -2.74. The van der Waals surface area contributed by atoms with Crippen LogP contribution in [0.5, 0.6) is 0 Å². The van der Waals surface area contributed by atoms with Crippen LogP contribution in [-0.4, -0.2) is 64.0 Å². The summed E-state index contributed by atoms with van der Waals surface area (Å²) in [6, 6.07) is 6.09. The Morgan fingerprint density at radius 2 is 2.00 bits per heavy atom. The van der Waals surface area contributed by atoms with Crippen molar-refractivity contribution in [2.75, 3.05) is 32.8 Å². The van der Waals surface area contributed by atoms with Gasteiger partial charge in [-0.15, -0.1) is 0 Å². The number of halogens is 1. The smallest absolute Gasteiger partial charge is 0.275 e. The van der Waals surface area contributed by atoms with Crippen molar-refractivity contribution < 1.29 is 18.7 Å². The molecule has 8 heteroatoms. The predicted octanol–water partition coefficient (Wildman–Crippen LogP) is 2.02. The highest BCUT2D eigenvalue weighted by atomic mass is 19.1. The summed E-state index contributed by atoms with van der Waals surface area (Å²) in [7, 11) is 0. The fraction of sp³-hybridized carbons (Fsp3) is 0.450. The second-order valence-electron chi connectivity index (χ2n) is 7.05. The second kappa shape index (κ2) is 7.35. The van der Waals surface area contributed by atoms with Crippen molar-refractivity contribution in [2.45, 2.75) is 26.5 Å². The summed E-state index contributed by atoms with van der Waals surface area (Å²) in [5.41, 5.74) is 1.40. The average Bonchev–Trinajstić information content (AvgIpc) is 3.06. The first-order valence-corrected chi connectivity index (χ1v) is 9.52. The normalized spacial score (nSPS) is 19.7. The molecule has 0 radical (unpaired) electrons. The molecule has 2 aliphatic heterocycles. The Labute approximate surface area is 162 Å². The van der Waals surface area contributed by atoms with Gasteiger partial charge in [0.2, 0.25) is 0 Å². The lowest BCUT2D eigenvalue weighted by molar-refractivity contribution is -0.0230. The van der Waals surface area contributed by atoms with Crippen molar-refractivity contribution in [3.8, 4) is 0 Å². The molecule has 2 aliphatic rings. The van der Waals surface area contributed by atoms with Crippen molar-refractivity contribution in [1.82, 2.24) is 19.4 Å². The van der Waals surface area contributed by atoms with Gasteiger partial charge in [-0.05, 0) is 31.5 Å². The van der Waals surface area contributed by atoms with E-state index in [-0.39, 0.29) is 29.4 Å². The van der Waals surface area contributed by atoms with Crippen molar-refractivity contribution in [1.29, 1.82) is 0 Å². The monoisotopic (exact) mass is 386 g/mol. The Kier molecular flexibility index (Phi) is 4.89. The molecule has 4 rings (SSSR count). The number of aryl methyl sites for hydroxylation is 1. The molecule has 1 saturated heterocycles. The molecule has 28 heavy (non-hydrogen) atoms. The summed E-state index contributed by atoms with van der Waals surface area (Å²) in [6.45, 7) is 6.73. The lowest BCUT2D eigenvalue weighted by atomic mass is 10.1. The molecule has 1 fully saturated rings. The molecule has 0 bridgehead atoms. The van der Waals surface area contributed by atoms with Gasteiger partial charge in [-0.25, -0.2) is 9.37 Å². The molecule has 0 spiro atoms. The summed E-state index contributed by atoms with van der Waals surface area (Å²) in [5.74, 6) is -0.0583. The molecule has 0 saturated carbocycles. The maximum absolute atomic E-state index is 13.2. The van der Waals surface area contributed by atoms with E-state index in [1.54, 1.807) is 21.9 Å². The van der Waals surface area contributed by atoms with Crippen molar-refractivity contribution in [2.24, 2.45) is 0 Å². The molecular formula is C20H23FN4O3. The van der Waals surface area contributed by atoms with Crippen LogP contribution in [0.3, 0.4) is 0 Å². The molecule has 148 valence electrons. The topological polar surface area (TPSA) is 67.7 Å². The number of morpholine rings is 1. The van der Waals surface area contributed by atoms with Gasteiger partial charge in [0, 0.05) is 26.2 Å². The average molecular weight is 386 g/mol. The number of hydrogen-bond donors (Lipinski definition) is 0. The standard InChI is InChI=1S/C20H23FN4O3/c1-3-23-8-9-25-13(2)22-17(18(25)20(23)27)19(26)24-10-11-28-16(12-24)14-4-6-15(21)7-5-14/h4-7,16H,3,8-12H2,1-2H3/t16-/m0/s1. The number of imidazole rings is 1. The van der Waals surface area contributed by atoms with E-state index in [0.717, 1.165) is 5.56 Å². The third kappa shape index (κ3) is 3.17. The zero-order valence-electron chi connectivity index (χ0n) is 16.0. The zero-order valence-corrected chi connectivity index (χ0v) is 16.0. The number of carbonyl (C=O) groups excluding carboxylic acids is 2. The van der Waals surface area contributed by atoms with E-state index in [2.05, 4.69) is 4.98 Å². The third-order valence-corrected chi connectivity index (χ3v) is 5.42. The number of fused-ring (bicyclic) bond motifs is 1. The minimum Gasteiger partial charge on any atom is -0.370 e. The second-order valence-corrected chi connectivity index (χ2v) is 7.05. The van der Waals surface area contributed by atoms with Crippen LogP contribution in [0.1, 0.15) is 45.4 Å². The van der Waals surface area contributed by atoms with Gasteiger partial charge in [0.25, 0.3) is 11.8 Å².